The maximum Gasteiger partial charge on any atom is 0.495 e. The molecule has 4 rings (SSSR count). The fraction of sp³-hybridized carbons (Fsp3) is 0.550. The molecule has 3 atom stereocenters. The topological polar surface area (TPSA) is 18.5 Å². The summed E-state index contributed by atoms with van der Waals surface area (Å²) in [7, 11) is -0.351. The Hall–Kier alpha value is -2.36. The number of hydrogen-bond acceptors (Lipinski definition) is 2. The summed E-state index contributed by atoms with van der Waals surface area (Å²) in [6.07, 6.45) is 8.37. The molecule has 2 nitrogen and oxygen atoms in total. The van der Waals surface area contributed by atoms with Crippen molar-refractivity contribution in [1.29, 1.82) is 0 Å². The van der Waals surface area contributed by atoms with Gasteiger partial charge in [-0.2, -0.15) is 0 Å². The summed E-state index contributed by atoms with van der Waals surface area (Å²) in [4.78, 5) is 0. The second kappa shape index (κ2) is 14.2. The summed E-state index contributed by atoms with van der Waals surface area (Å²) in [6, 6.07) is 23.4. The summed E-state index contributed by atoms with van der Waals surface area (Å²) in [6.45, 7) is 22.5. The predicted octanol–water partition coefficient (Wildman–Crippen LogP) is 11.4. The van der Waals surface area contributed by atoms with E-state index in [1.54, 1.807) is 0 Å². The van der Waals surface area contributed by atoms with Crippen molar-refractivity contribution in [2.75, 3.05) is 0 Å². The lowest BCUT2D eigenvalue weighted by Gasteiger charge is -2.32. The van der Waals surface area contributed by atoms with E-state index in [9.17, 15) is 0 Å². The molecule has 1 fully saturated rings. The van der Waals surface area contributed by atoms with E-state index in [1.165, 1.54) is 89.4 Å². The molecule has 3 aromatic carbocycles. The van der Waals surface area contributed by atoms with Crippen LogP contribution in [0.1, 0.15) is 149 Å². The van der Waals surface area contributed by atoms with Gasteiger partial charge in [0.25, 0.3) is 0 Å². The van der Waals surface area contributed by atoms with Crippen LogP contribution in [0.25, 0.3) is 22.3 Å². The van der Waals surface area contributed by atoms with Crippen LogP contribution < -0.4 is 5.46 Å². The quantitative estimate of drug-likeness (QED) is 0.187. The molecular weight excluding hydrogens is 523 g/mol. The third-order valence-corrected chi connectivity index (χ3v) is 10.4. The molecule has 0 radical (unpaired) electrons. The molecule has 3 heteroatoms. The van der Waals surface area contributed by atoms with Crippen LogP contribution in [0.5, 0.6) is 0 Å². The van der Waals surface area contributed by atoms with Gasteiger partial charge in [0.1, 0.15) is 0 Å². The molecule has 1 heterocycles. The van der Waals surface area contributed by atoms with E-state index in [0.29, 0.717) is 17.8 Å². The molecule has 0 bridgehead atoms. The maximum atomic E-state index is 6.68. The lowest BCUT2D eigenvalue weighted by atomic mass is 9.69. The van der Waals surface area contributed by atoms with Gasteiger partial charge in [0, 0.05) is 0 Å². The van der Waals surface area contributed by atoms with Gasteiger partial charge in [-0.25, -0.2) is 0 Å². The van der Waals surface area contributed by atoms with Crippen molar-refractivity contribution in [1.82, 2.24) is 0 Å². The Kier molecular flexibility index (Phi) is 11.0. The highest BCUT2D eigenvalue weighted by Crippen LogP contribution is 2.40. The van der Waals surface area contributed by atoms with Gasteiger partial charge in [0.05, 0.1) is 11.2 Å². The Morgan fingerprint density at radius 1 is 0.605 bits per heavy atom. The molecule has 43 heavy (non-hydrogen) atoms. The molecule has 1 saturated heterocycles. The summed E-state index contributed by atoms with van der Waals surface area (Å²) in [5.41, 5.74) is 9.90. The van der Waals surface area contributed by atoms with Gasteiger partial charge < -0.3 is 9.31 Å². The smallest absolute Gasteiger partial charge is 0.399 e. The molecule has 3 unspecified atom stereocenters. The van der Waals surface area contributed by atoms with Gasteiger partial charge in [-0.3, -0.25) is 0 Å². The zero-order chi connectivity index (χ0) is 31.4. The van der Waals surface area contributed by atoms with E-state index in [4.69, 9.17) is 9.31 Å². The Bertz CT molecular complexity index is 1310. The van der Waals surface area contributed by atoms with Crippen LogP contribution >= 0.6 is 0 Å². The highest BCUT2D eigenvalue weighted by Gasteiger charge is 2.52. The molecule has 0 N–H and O–H groups in total. The third kappa shape index (κ3) is 7.48. The molecule has 1 aliphatic rings. The number of unbranched alkanes of at least 4 members (excludes halogenated alkanes) is 2. The minimum Gasteiger partial charge on any atom is -0.399 e. The van der Waals surface area contributed by atoms with Crippen molar-refractivity contribution in [3.05, 3.63) is 77.4 Å². The van der Waals surface area contributed by atoms with Gasteiger partial charge in [-0.1, -0.05) is 128 Å². The average molecular weight is 581 g/mol. The number of hydrogen-bond donors (Lipinski definition) is 0. The SMILES string of the molecule is CCCCC(C)c1cc(-c2ccc(-c3ccc(C(C)CC)cc3)cc2)c(C(C)CCCC)cc1B1OC(C)(C)C(C)(C)O1. The summed E-state index contributed by atoms with van der Waals surface area (Å²) in [5.74, 6) is 1.47. The van der Waals surface area contributed by atoms with Crippen LogP contribution in [0.15, 0.2) is 60.7 Å². The Labute approximate surface area is 264 Å². The van der Waals surface area contributed by atoms with Crippen LogP contribution in [-0.2, 0) is 9.31 Å². The van der Waals surface area contributed by atoms with Crippen LogP contribution in [0, 0.1) is 0 Å². The molecule has 0 spiro atoms. The standard InChI is InChI=1S/C40H57BO2/c1-11-14-16-29(5)35-27-38(41-42-39(7,8)40(9,10)43-41)36(30(6)17-15-12-2)26-37(35)34-24-22-33(23-25-34)32-20-18-31(19-21-32)28(4)13-3/h18-30H,11-17H2,1-10H3. The first-order valence-electron chi connectivity index (χ1n) is 17.2. The van der Waals surface area contributed by atoms with Gasteiger partial charge in [-0.05, 0) is 109 Å². The van der Waals surface area contributed by atoms with E-state index in [1.807, 2.05) is 0 Å². The second-order valence-electron chi connectivity index (χ2n) is 14.3. The van der Waals surface area contributed by atoms with Gasteiger partial charge in [0.2, 0.25) is 0 Å². The lowest BCUT2D eigenvalue weighted by Crippen LogP contribution is -2.41. The van der Waals surface area contributed by atoms with Crippen molar-refractivity contribution in [3.63, 3.8) is 0 Å². The number of rotatable bonds is 13. The molecule has 0 amide bonds. The maximum absolute atomic E-state index is 6.68. The third-order valence-electron chi connectivity index (χ3n) is 10.4. The molecule has 3 aromatic rings. The van der Waals surface area contributed by atoms with E-state index in [-0.39, 0.29) is 18.3 Å². The fourth-order valence-electron chi connectivity index (χ4n) is 6.32. The zero-order valence-electron chi connectivity index (χ0n) is 28.8. The molecule has 0 aliphatic carbocycles. The van der Waals surface area contributed by atoms with E-state index in [2.05, 4.69) is 130 Å². The van der Waals surface area contributed by atoms with Gasteiger partial charge >= 0.3 is 7.12 Å². The fourth-order valence-corrected chi connectivity index (χ4v) is 6.32. The predicted molar refractivity (Wildman–Crippen MR) is 188 cm³/mol. The zero-order valence-corrected chi connectivity index (χ0v) is 28.8. The first kappa shape index (κ1) is 33.5. The monoisotopic (exact) mass is 580 g/mol. The van der Waals surface area contributed by atoms with Crippen molar-refractivity contribution in [2.45, 2.75) is 143 Å². The Morgan fingerprint density at radius 2 is 1.07 bits per heavy atom. The Morgan fingerprint density at radius 3 is 1.56 bits per heavy atom. The van der Waals surface area contributed by atoms with Crippen LogP contribution in [-0.4, -0.2) is 18.3 Å². The molecule has 1 aliphatic heterocycles. The first-order valence-corrected chi connectivity index (χ1v) is 17.2. The summed E-state index contributed by atoms with van der Waals surface area (Å²) >= 11 is 0. The first-order chi connectivity index (χ1) is 20.4. The average Bonchev–Trinajstić information content (AvgIpc) is 3.23. The van der Waals surface area contributed by atoms with E-state index < -0.39 is 0 Å². The second-order valence-corrected chi connectivity index (χ2v) is 14.3. The molecule has 0 saturated carbocycles. The lowest BCUT2D eigenvalue weighted by molar-refractivity contribution is 0.00578. The van der Waals surface area contributed by atoms with Crippen LogP contribution in [0.4, 0.5) is 0 Å². The molecule has 232 valence electrons. The minimum atomic E-state index is -0.364. The Balaban J connectivity index is 1.80. The number of benzene rings is 3. The van der Waals surface area contributed by atoms with E-state index >= 15 is 0 Å². The van der Waals surface area contributed by atoms with Crippen molar-refractivity contribution < 1.29 is 9.31 Å². The van der Waals surface area contributed by atoms with Crippen molar-refractivity contribution in [2.24, 2.45) is 0 Å². The molecular formula is C40H57BO2. The highest BCUT2D eigenvalue weighted by atomic mass is 16.7. The van der Waals surface area contributed by atoms with Crippen molar-refractivity contribution in [3.8, 4) is 22.3 Å². The van der Waals surface area contributed by atoms with E-state index in [0.717, 1.165) is 0 Å². The van der Waals surface area contributed by atoms with Crippen LogP contribution in [0.2, 0.25) is 0 Å². The molecule has 0 aromatic heterocycles. The summed E-state index contributed by atoms with van der Waals surface area (Å²) in [5, 5.41) is 0. The van der Waals surface area contributed by atoms with Crippen molar-refractivity contribution >= 4 is 12.6 Å². The minimum absolute atomic E-state index is 0.351. The highest BCUT2D eigenvalue weighted by molar-refractivity contribution is 6.62. The normalized spacial score (nSPS) is 18.0. The van der Waals surface area contributed by atoms with Crippen LogP contribution in [0.3, 0.4) is 0 Å². The largest absolute Gasteiger partial charge is 0.495 e. The summed E-state index contributed by atoms with van der Waals surface area (Å²) < 4.78 is 13.4. The van der Waals surface area contributed by atoms with Gasteiger partial charge in [-0.15, -0.1) is 0 Å². The van der Waals surface area contributed by atoms with Gasteiger partial charge in [0.15, 0.2) is 0 Å².